The lowest BCUT2D eigenvalue weighted by Crippen LogP contribution is -2.31. The number of nitrogens with one attached hydrogen (secondary N) is 1. The van der Waals surface area contributed by atoms with Crippen LogP contribution in [0.25, 0.3) is 11.1 Å². The molecule has 1 amide bonds. The lowest BCUT2D eigenvalue weighted by atomic mass is 9.98. The number of nitrogens with zero attached hydrogens (tertiary/aromatic N) is 1. The Kier molecular flexibility index (Phi) is 7.76. The van der Waals surface area contributed by atoms with Crippen molar-refractivity contribution in [2.45, 2.75) is 44.7 Å². The maximum absolute atomic E-state index is 14.1. The van der Waals surface area contributed by atoms with E-state index in [0.717, 1.165) is 0 Å². The van der Waals surface area contributed by atoms with Crippen LogP contribution in [0.1, 0.15) is 53.5 Å². The fourth-order valence-electron chi connectivity index (χ4n) is 3.76. The van der Waals surface area contributed by atoms with Crippen molar-refractivity contribution in [3.8, 4) is 11.1 Å². The quantitative estimate of drug-likeness (QED) is 0.498. The molecular formula is C25H25F3N2O3S. The third-order valence-electron chi connectivity index (χ3n) is 5.48. The maximum atomic E-state index is 14.1. The molecule has 1 N–H and O–H groups in total. The lowest BCUT2D eigenvalue weighted by molar-refractivity contribution is 0.0949. The van der Waals surface area contributed by atoms with Gasteiger partial charge in [0.25, 0.3) is 12.3 Å². The number of carbonyl (C=O) groups is 1. The van der Waals surface area contributed by atoms with Gasteiger partial charge in [-0.05, 0) is 50.1 Å². The van der Waals surface area contributed by atoms with Gasteiger partial charge in [0.15, 0.2) is 0 Å². The molecule has 0 bridgehead atoms. The Morgan fingerprint density at radius 2 is 1.85 bits per heavy atom. The van der Waals surface area contributed by atoms with Crippen LogP contribution in [0.15, 0.2) is 58.4 Å². The van der Waals surface area contributed by atoms with E-state index in [4.69, 9.17) is 0 Å². The Hall–Kier alpha value is -3.20. The average molecular weight is 491 g/mol. The number of alkyl halides is 2. The molecule has 0 saturated heterocycles. The number of hydrogen-bond acceptors (Lipinski definition) is 3. The van der Waals surface area contributed by atoms with Crippen molar-refractivity contribution in [1.29, 1.82) is 0 Å². The summed E-state index contributed by atoms with van der Waals surface area (Å²) in [6.07, 6.45) is 0.115. The molecule has 180 valence electrons. The summed E-state index contributed by atoms with van der Waals surface area (Å²) >= 11 is 0. The molecule has 0 spiro atoms. The van der Waals surface area contributed by atoms with E-state index in [-0.39, 0.29) is 34.2 Å². The third kappa shape index (κ3) is 5.30. The highest BCUT2D eigenvalue weighted by Gasteiger charge is 2.21. The van der Waals surface area contributed by atoms with Crippen LogP contribution in [-0.2, 0) is 17.3 Å². The Morgan fingerprint density at radius 3 is 2.44 bits per heavy atom. The number of benzene rings is 2. The van der Waals surface area contributed by atoms with Crippen molar-refractivity contribution >= 4 is 16.7 Å². The summed E-state index contributed by atoms with van der Waals surface area (Å²) in [4.78, 5) is 26.3. The van der Waals surface area contributed by atoms with Crippen molar-refractivity contribution in [1.82, 2.24) is 9.88 Å². The van der Waals surface area contributed by atoms with Gasteiger partial charge in [-0.1, -0.05) is 24.3 Å². The number of rotatable bonds is 7. The first-order valence-electron chi connectivity index (χ1n) is 10.6. The number of halogens is 3. The largest absolute Gasteiger partial charge is 0.348 e. The van der Waals surface area contributed by atoms with Crippen LogP contribution in [0, 0.1) is 12.7 Å². The predicted octanol–water partition coefficient (Wildman–Crippen LogP) is 5.15. The monoisotopic (exact) mass is 490 g/mol. The summed E-state index contributed by atoms with van der Waals surface area (Å²) < 4.78 is 53.9. The second kappa shape index (κ2) is 10.4. The average Bonchev–Trinajstić information content (AvgIpc) is 2.77. The van der Waals surface area contributed by atoms with Crippen LogP contribution >= 0.6 is 0 Å². The molecule has 1 heterocycles. The predicted molar refractivity (Wildman–Crippen MR) is 126 cm³/mol. The molecule has 9 heteroatoms. The zero-order valence-electron chi connectivity index (χ0n) is 19.2. The van der Waals surface area contributed by atoms with Crippen molar-refractivity contribution in [3.05, 3.63) is 87.1 Å². The first kappa shape index (κ1) is 25.4. The fourth-order valence-corrected chi connectivity index (χ4v) is 4.35. The van der Waals surface area contributed by atoms with Gasteiger partial charge in [0.1, 0.15) is 11.4 Å². The van der Waals surface area contributed by atoms with Gasteiger partial charge in [0.05, 0.1) is 15.7 Å². The molecule has 1 unspecified atom stereocenters. The standard InChI is InChI=1S/C25H25F3N2O3S/c1-14(2)30-13-19(25(32)29-12-16-8-9-21(34(4)33)20(26)10-16)23(31)22(15(30)3)17-6-5-7-18(11-17)24(27)28/h5-11,13-14,24H,12H2,1-4H3,(H,29,32). The van der Waals surface area contributed by atoms with Gasteiger partial charge >= 0.3 is 0 Å². The molecule has 34 heavy (non-hydrogen) atoms. The minimum absolute atomic E-state index is 0.0580. The minimum Gasteiger partial charge on any atom is -0.348 e. The van der Waals surface area contributed by atoms with E-state index < -0.39 is 34.4 Å². The van der Waals surface area contributed by atoms with Crippen LogP contribution in [0.2, 0.25) is 0 Å². The molecule has 0 aliphatic carbocycles. The second-order valence-electron chi connectivity index (χ2n) is 8.16. The molecule has 0 saturated carbocycles. The van der Waals surface area contributed by atoms with E-state index in [0.29, 0.717) is 16.8 Å². The normalized spacial score (nSPS) is 12.3. The van der Waals surface area contributed by atoms with Gasteiger partial charge in [-0.2, -0.15) is 0 Å². The molecule has 1 atom stereocenters. The molecule has 0 radical (unpaired) electrons. The SMILES string of the molecule is Cc1c(-c2cccc(C(F)F)c2)c(=O)c(C(=O)NCc2ccc(S(C)=O)c(F)c2)cn1C(C)C. The number of carbonyl (C=O) groups excluding carboxylic acids is 1. The summed E-state index contributed by atoms with van der Waals surface area (Å²) in [5.74, 6) is -1.32. The molecule has 3 rings (SSSR count). The number of aromatic nitrogens is 1. The van der Waals surface area contributed by atoms with E-state index in [9.17, 15) is 27.0 Å². The fraction of sp³-hybridized carbons (Fsp3) is 0.280. The number of amides is 1. The highest BCUT2D eigenvalue weighted by atomic mass is 32.2. The van der Waals surface area contributed by atoms with Crippen LogP contribution in [0.4, 0.5) is 13.2 Å². The molecule has 0 fully saturated rings. The number of pyridine rings is 1. The Bertz CT molecular complexity index is 1320. The van der Waals surface area contributed by atoms with Crippen molar-refractivity contribution in [2.24, 2.45) is 0 Å². The molecule has 1 aromatic heterocycles. The van der Waals surface area contributed by atoms with Crippen LogP contribution in [-0.4, -0.2) is 20.9 Å². The van der Waals surface area contributed by atoms with E-state index >= 15 is 0 Å². The summed E-state index contributed by atoms with van der Waals surface area (Å²) in [7, 11) is -1.48. The van der Waals surface area contributed by atoms with E-state index in [1.54, 1.807) is 23.6 Å². The van der Waals surface area contributed by atoms with Crippen LogP contribution < -0.4 is 10.7 Å². The van der Waals surface area contributed by atoms with Crippen molar-refractivity contribution < 1.29 is 22.2 Å². The zero-order valence-corrected chi connectivity index (χ0v) is 20.0. The molecule has 0 aliphatic heterocycles. The van der Waals surface area contributed by atoms with Gasteiger partial charge in [-0.15, -0.1) is 0 Å². The Balaban J connectivity index is 2.00. The molecule has 5 nitrogen and oxygen atoms in total. The van der Waals surface area contributed by atoms with Crippen molar-refractivity contribution in [3.63, 3.8) is 0 Å². The summed E-state index contributed by atoms with van der Waals surface area (Å²) in [5, 5.41) is 2.61. The first-order chi connectivity index (χ1) is 16.0. The van der Waals surface area contributed by atoms with Crippen molar-refractivity contribution in [2.75, 3.05) is 6.26 Å². The van der Waals surface area contributed by atoms with Gasteiger partial charge < -0.3 is 9.88 Å². The summed E-state index contributed by atoms with van der Waals surface area (Å²) in [6, 6.07) is 9.54. The van der Waals surface area contributed by atoms with Crippen LogP contribution in [0.3, 0.4) is 0 Å². The molecule has 3 aromatic rings. The van der Waals surface area contributed by atoms with E-state index in [1.165, 1.54) is 42.8 Å². The topological polar surface area (TPSA) is 68.2 Å². The van der Waals surface area contributed by atoms with Gasteiger partial charge in [0.2, 0.25) is 5.43 Å². The highest BCUT2D eigenvalue weighted by molar-refractivity contribution is 7.84. The lowest BCUT2D eigenvalue weighted by Gasteiger charge is -2.20. The minimum atomic E-state index is -2.70. The van der Waals surface area contributed by atoms with Gasteiger partial charge in [-0.3, -0.25) is 13.8 Å². The van der Waals surface area contributed by atoms with E-state index in [1.807, 2.05) is 13.8 Å². The first-order valence-corrected chi connectivity index (χ1v) is 12.1. The maximum Gasteiger partial charge on any atom is 0.263 e. The third-order valence-corrected chi connectivity index (χ3v) is 6.43. The highest BCUT2D eigenvalue weighted by Crippen LogP contribution is 2.27. The molecular weight excluding hydrogens is 465 g/mol. The molecule has 2 aromatic carbocycles. The summed E-state index contributed by atoms with van der Waals surface area (Å²) in [6.45, 7) is 5.40. The smallest absolute Gasteiger partial charge is 0.263 e. The second-order valence-corrected chi connectivity index (χ2v) is 9.51. The van der Waals surface area contributed by atoms with Gasteiger partial charge in [-0.25, -0.2) is 13.2 Å². The number of hydrogen-bond donors (Lipinski definition) is 1. The van der Waals surface area contributed by atoms with E-state index in [2.05, 4.69) is 5.32 Å². The van der Waals surface area contributed by atoms with Gasteiger partial charge in [0, 0.05) is 41.9 Å². The summed E-state index contributed by atoms with van der Waals surface area (Å²) in [5.41, 5.74) is 0.499. The van der Waals surface area contributed by atoms with Crippen LogP contribution in [0.5, 0.6) is 0 Å². The molecule has 0 aliphatic rings. The zero-order chi connectivity index (χ0) is 25.2. The Labute approximate surface area is 198 Å². The Morgan fingerprint density at radius 1 is 1.15 bits per heavy atom.